The highest BCUT2D eigenvalue weighted by Crippen LogP contribution is 2.24. The number of nitrogens with two attached hydrogens (primary N) is 1. The molecule has 2 aromatic rings. The highest BCUT2D eigenvalue weighted by Gasteiger charge is 1.99. The van der Waals surface area contributed by atoms with Crippen molar-refractivity contribution in [3.05, 3.63) is 39.5 Å². The van der Waals surface area contributed by atoms with Crippen LogP contribution in [0.3, 0.4) is 0 Å². The van der Waals surface area contributed by atoms with E-state index in [0.29, 0.717) is 0 Å². The number of benzene rings is 1. The second-order valence-electron chi connectivity index (χ2n) is 3.07. The maximum absolute atomic E-state index is 9.22. The summed E-state index contributed by atoms with van der Waals surface area (Å²) in [5.74, 6) is -0.333. The third-order valence-corrected chi connectivity index (χ3v) is 2.67. The highest BCUT2D eigenvalue weighted by molar-refractivity contribution is 9.11. The van der Waals surface area contributed by atoms with Crippen molar-refractivity contribution in [2.75, 3.05) is 0 Å². The van der Waals surface area contributed by atoms with Gasteiger partial charge < -0.3 is 5.73 Å². The predicted molar refractivity (Wildman–Crippen MR) is 72.0 cm³/mol. The molecule has 0 saturated heterocycles. The summed E-state index contributed by atoms with van der Waals surface area (Å²) in [4.78, 5) is 13.5. The first-order valence-corrected chi connectivity index (χ1v) is 6.06. The Morgan fingerprint density at radius 3 is 2.50 bits per heavy atom. The second kappa shape index (κ2) is 5.96. The first-order chi connectivity index (χ1) is 7.50. The Bertz CT molecular complexity index is 510. The largest absolute Gasteiger partial charge is 0.370 e. The summed E-state index contributed by atoms with van der Waals surface area (Å²) in [5.41, 5.74) is 4.47. The molecule has 0 aliphatic rings. The van der Waals surface area contributed by atoms with Gasteiger partial charge in [-0.3, -0.25) is 4.79 Å². The maximum Gasteiger partial charge on any atom is 0.214 e. The van der Waals surface area contributed by atoms with Gasteiger partial charge in [0.25, 0.3) is 0 Å². The van der Waals surface area contributed by atoms with E-state index >= 15 is 0 Å². The van der Waals surface area contributed by atoms with Gasteiger partial charge in [0.15, 0.2) is 0 Å². The molecule has 3 nitrogen and oxygen atoms in total. The number of aromatic nitrogens is 1. The molecule has 0 aliphatic heterocycles. The zero-order chi connectivity index (χ0) is 12.1. The molecule has 0 atom stereocenters. The molecule has 1 aromatic heterocycles. The minimum absolute atomic E-state index is 0.333. The van der Waals surface area contributed by atoms with E-state index in [0.717, 1.165) is 14.6 Å². The Morgan fingerprint density at radius 2 is 1.88 bits per heavy atom. The molecule has 1 amide bonds. The van der Waals surface area contributed by atoms with Gasteiger partial charge in [0.1, 0.15) is 9.21 Å². The van der Waals surface area contributed by atoms with E-state index in [1.165, 1.54) is 12.3 Å². The summed E-state index contributed by atoms with van der Waals surface area (Å²) in [6.45, 7) is 1.31. The van der Waals surface area contributed by atoms with Crippen molar-refractivity contribution in [3.8, 4) is 0 Å². The second-order valence-corrected chi connectivity index (χ2v) is 4.63. The number of carbonyl (C=O) groups excluding carboxylic acids is 1. The number of hydrogen-bond donors (Lipinski definition) is 1. The van der Waals surface area contributed by atoms with E-state index in [9.17, 15) is 4.79 Å². The van der Waals surface area contributed by atoms with Crippen molar-refractivity contribution in [1.82, 2.24) is 4.98 Å². The van der Waals surface area contributed by atoms with Crippen molar-refractivity contribution in [1.29, 1.82) is 0 Å². The Labute approximate surface area is 110 Å². The summed E-state index contributed by atoms with van der Waals surface area (Å²) in [5, 5.41) is 2.33. The van der Waals surface area contributed by atoms with Gasteiger partial charge in [0.05, 0.1) is 0 Å². The number of pyridine rings is 1. The molecular weight excluding hydrogens is 336 g/mol. The third kappa shape index (κ3) is 3.90. The summed E-state index contributed by atoms with van der Waals surface area (Å²) in [7, 11) is 0. The van der Waals surface area contributed by atoms with Crippen LogP contribution >= 0.6 is 31.9 Å². The van der Waals surface area contributed by atoms with Gasteiger partial charge >= 0.3 is 0 Å². The van der Waals surface area contributed by atoms with Crippen molar-refractivity contribution < 1.29 is 4.79 Å². The normalized spacial score (nSPS) is 9.44. The molecule has 0 spiro atoms. The van der Waals surface area contributed by atoms with Crippen LogP contribution in [0.5, 0.6) is 0 Å². The molecule has 5 heteroatoms. The molecule has 0 bridgehead atoms. The monoisotopic (exact) mass is 344 g/mol. The van der Waals surface area contributed by atoms with E-state index in [4.69, 9.17) is 0 Å². The van der Waals surface area contributed by atoms with Crippen LogP contribution in [0.25, 0.3) is 10.8 Å². The van der Waals surface area contributed by atoms with Crippen LogP contribution in [0, 0.1) is 0 Å². The minimum atomic E-state index is -0.333. The molecule has 2 N–H and O–H groups in total. The van der Waals surface area contributed by atoms with Crippen molar-refractivity contribution in [2.45, 2.75) is 6.92 Å². The molecule has 0 saturated carbocycles. The molecule has 1 heterocycles. The number of rotatable bonds is 0. The molecule has 1 aromatic carbocycles. The van der Waals surface area contributed by atoms with Gasteiger partial charge in [-0.2, -0.15) is 0 Å². The lowest BCUT2D eigenvalue weighted by molar-refractivity contribution is -0.115. The fourth-order valence-electron chi connectivity index (χ4n) is 1.13. The van der Waals surface area contributed by atoms with Crippen LogP contribution in [0.4, 0.5) is 0 Å². The SMILES string of the molecule is Brc1cc2ccccc2c(Br)n1.CC(N)=O. The van der Waals surface area contributed by atoms with E-state index in [-0.39, 0.29) is 5.91 Å². The zero-order valence-electron chi connectivity index (χ0n) is 8.58. The number of primary amides is 1. The molecule has 0 radical (unpaired) electrons. The number of fused-ring (bicyclic) bond motifs is 1. The minimum Gasteiger partial charge on any atom is -0.370 e. The van der Waals surface area contributed by atoms with Gasteiger partial charge in [-0.1, -0.05) is 24.3 Å². The molecule has 16 heavy (non-hydrogen) atoms. The topological polar surface area (TPSA) is 56.0 Å². The lowest BCUT2D eigenvalue weighted by Gasteiger charge is -1.99. The van der Waals surface area contributed by atoms with Crippen LogP contribution in [-0.2, 0) is 4.79 Å². The first-order valence-electron chi connectivity index (χ1n) is 4.47. The molecule has 0 aliphatic carbocycles. The Kier molecular flexibility index (Phi) is 4.89. The predicted octanol–water partition coefficient (Wildman–Crippen LogP) is 3.25. The Morgan fingerprint density at radius 1 is 1.31 bits per heavy atom. The van der Waals surface area contributed by atoms with Crippen LogP contribution in [0.1, 0.15) is 6.92 Å². The fourth-order valence-corrected chi connectivity index (χ4v) is 2.34. The van der Waals surface area contributed by atoms with Crippen LogP contribution < -0.4 is 5.73 Å². The molecule has 0 unspecified atom stereocenters. The van der Waals surface area contributed by atoms with Gasteiger partial charge in [0, 0.05) is 12.3 Å². The van der Waals surface area contributed by atoms with Gasteiger partial charge in [-0.05, 0) is 43.3 Å². The van der Waals surface area contributed by atoms with Crippen molar-refractivity contribution in [2.24, 2.45) is 5.73 Å². The van der Waals surface area contributed by atoms with Crippen LogP contribution in [-0.4, -0.2) is 10.9 Å². The zero-order valence-corrected chi connectivity index (χ0v) is 11.7. The summed E-state index contributed by atoms with van der Waals surface area (Å²) < 4.78 is 1.74. The standard InChI is InChI=1S/C9H5Br2N.C2H5NO/c10-8-5-6-3-1-2-4-7(6)9(11)12-8;1-2(3)4/h1-5H;1H3,(H2,3,4). The summed E-state index contributed by atoms with van der Waals surface area (Å²) in [6, 6.07) is 10.1. The number of carbonyl (C=O) groups is 1. The van der Waals surface area contributed by atoms with E-state index in [2.05, 4.69) is 48.6 Å². The van der Waals surface area contributed by atoms with Gasteiger partial charge in [-0.15, -0.1) is 0 Å². The third-order valence-electron chi connectivity index (χ3n) is 1.66. The van der Waals surface area contributed by atoms with Crippen LogP contribution in [0.2, 0.25) is 0 Å². The number of halogens is 2. The number of nitrogens with zero attached hydrogens (tertiary/aromatic N) is 1. The van der Waals surface area contributed by atoms with Crippen molar-refractivity contribution in [3.63, 3.8) is 0 Å². The van der Waals surface area contributed by atoms with E-state index in [1.807, 2.05) is 24.3 Å². The van der Waals surface area contributed by atoms with Crippen molar-refractivity contribution >= 4 is 48.5 Å². The molecule has 84 valence electrons. The first kappa shape index (κ1) is 13.1. The number of amides is 1. The van der Waals surface area contributed by atoms with Crippen LogP contribution in [0.15, 0.2) is 39.5 Å². The molecule has 0 fully saturated rings. The van der Waals surface area contributed by atoms with Gasteiger partial charge in [0.2, 0.25) is 5.91 Å². The average molecular weight is 346 g/mol. The Balaban J connectivity index is 0.000000280. The smallest absolute Gasteiger partial charge is 0.214 e. The van der Waals surface area contributed by atoms with E-state index in [1.54, 1.807) is 0 Å². The lowest BCUT2D eigenvalue weighted by atomic mass is 10.2. The summed E-state index contributed by atoms with van der Waals surface area (Å²) >= 11 is 6.75. The quantitative estimate of drug-likeness (QED) is 0.745. The molecular formula is C11H10Br2N2O. The Hall–Kier alpha value is -0.940. The maximum atomic E-state index is 9.22. The van der Waals surface area contributed by atoms with Gasteiger partial charge in [-0.25, -0.2) is 4.98 Å². The molecule has 2 rings (SSSR count). The highest BCUT2D eigenvalue weighted by atomic mass is 79.9. The fraction of sp³-hybridized carbons (Fsp3) is 0.0909. The number of hydrogen-bond acceptors (Lipinski definition) is 2. The average Bonchev–Trinajstić information content (AvgIpc) is 2.16. The lowest BCUT2D eigenvalue weighted by Crippen LogP contribution is -2.01. The van der Waals surface area contributed by atoms with E-state index < -0.39 is 0 Å². The summed E-state index contributed by atoms with van der Waals surface area (Å²) in [6.07, 6.45) is 0.